The fraction of sp³-hybridized carbons (Fsp3) is 0.308. The van der Waals surface area contributed by atoms with Gasteiger partial charge in [0, 0.05) is 16.8 Å². The molecule has 2 N–H and O–H groups in total. The zero-order valence-corrected chi connectivity index (χ0v) is 9.93. The Balaban J connectivity index is 2.46. The van der Waals surface area contributed by atoms with Gasteiger partial charge in [0.2, 0.25) is 0 Å². The highest BCUT2D eigenvalue weighted by molar-refractivity contribution is 6.35. The first-order valence-electron chi connectivity index (χ1n) is 5.54. The number of nitrogens with two attached hydrogens (primary N) is 1. The highest BCUT2D eigenvalue weighted by Gasteiger charge is 2.18. The van der Waals surface area contributed by atoms with Crippen molar-refractivity contribution in [3.63, 3.8) is 0 Å². The van der Waals surface area contributed by atoms with Crippen LogP contribution in [0.15, 0.2) is 12.1 Å². The molecule has 0 saturated heterocycles. The number of rotatable bonds is 0. The van der Waals surface area contributed by atoms with Gasteiger partial charge in [-0.15, -0.1) is 0 Å². The van der Waals surface area contributed by atoms with E-state index in [1.807, 2.05) is 13.0 Å². The number of fused-ring (bicyclic) bond motifs is 2. The number of nitrogens with zero attached hydrogens (tertiary/aromatic N) is 1. The Morgan fingerprint density at radius 1 is 1.31 bits per heavy atom. The Morgan fingerprint density at radius 2 is 2.12 bits per heavy atom. The van der Waals surface area contributed by atoms with Crippen molar-refractivity contribution in [3.05, 3.63) is 34.0 Å². The largest absolute Gasteiger partial charge is 0.398 e. The van der Waals surface area contributed by atoms with Crippen molar-refractivity contribution in [1.29, 1.82) is 0 Å². The Bertz CT molecular complexity index is 590. The van der Waals surface area contributed by atoms with E-state index in [1.165, 1.54) is 5.56 Å². The van der Waals surface area contributed by atoms with Crippen LogP contribution in [-0.2, 0) is 12.8 Å². The first-order valence-corrected chi connectivity index (χ1v) is 5.91. The van der Waals surface area contributed by atoms with E-state index < -0.39 is 0 Å². The van der Waals surface area contributed by atoms with Crippen molar-refractivity contribution < 1.29 is 0 Å². The molecule has 0 bridgehead atoms. The molecule has 16 heavy (non-hydrogen) atoms. The van der Waals surface area contributed by atoms with Gasteiger partial charge in [-0.2, -0.15) is 0 Å². The molecule has 1 aliphatic carbocycles. The van der Waals surface area contributed by atoms with Gasteiger partial charge < -0.3 is 5.73 Å². The second-order valence-electron chi connectivity index (χ2n) is 4.45. The van der Waals surface area contributed by atoms with E-state index in [0.29, 0.717) is 5.02 Å². The van der Waals surface area contributed by atoms with Gasteiger partial charge in [0.1, 0.15) is 0 Å². The number of nitrogen functional groups attached to an aromatic ring is 1. The van der Waals surface area contributed by atoms with Crippen LogP contribution in [0.1, 0.15) is 23.2 Å². The zero-order chi connectivity index (χ0) is 11.3. The molecule has 3 heteroatoms. The maximum absolute atomic E-state index is 6.22. The van der Waals surface area contributed by atoms with E-state index in [1.54, 1.807) is 0 Å². The number of hydrogen-bond acceptors (Lipinski definition) is 2. The van der Waals surface area contributed by atoms with Crippen molar-refractivity contribution >= 4 is 28.2 Å². The summed E-state index contributed by atoms with van der Waals surface area (Å²) in [5.74, 6) is 0. The van der Waals surface area contributed by atoms with Gasteiger partial charge in [-0.25, -0.2) is 0 Å². The van der Waals surface area contributed by atoms with E-state index >= 15 is 0 Å². The average Bonchev–Trinajstić information content (AvgIpc) is 2.68. The highest BCUT2D eigenvalue weighted by Crippen LogP contribution is 2.35. The van der Waals surface area contributed by atoms with Crippen LogP contribution in [0.25, 0.3) is 10.9 Å². The summed E-state index contributed by atoms with van der Waals surface area (Å²) in [6.07, 6.45) is 3.23. The summed E-state index contributed by atoms with van der Waals surface area (Å²) in [7, 11) is 0. The number of hydrogen-bond donors (Lipinski definition) is 1. The third-order valence-electron chi connectivity index (χ3n) is 3.26. The summed E-state index contributed by atoms with van der Waals surface area (Å²) in [6.45, 7) is 2.03. The van der Waals surface area contributed by atoms with Gasteiger partial charge in [-0.1, -0.05) is 11.6 Å². The number of anilines is 1. The van der Waals surface area contributed by atoms with Gasteiger partial charge >= 0.3 is 0 Å². The van der Waals surface area contributed by atoms with Crippen LogP contribution in [0.4, 0.5) is 5.69 Å². The molecule has 0 aliphatic heterocycles. The summed E-state index contributed by atoms with van der Waals surface area (Å²) in [5.41, 5.74) is 11.4. The summed E-state index contributed by atoms with van der Waals surface area (Å²) >= 11 is 6.22. The maximum Gasteiger partial charge on any atom is 0.0912 e. The minimum Gasteiger partial charge on any atom is -0.398 e. The minimum absolute atomic E-state index is 0.705. The molecule has 1 aromatic heterocycles. The summed E-state index contributed by atoms with van der Waals surface area (Å²) in [5, 5.41) is 1.71. The Hall–Kier alpha value is -1.28. The molecule has 1 heterocycles. The van der Waals surface area contributed by atoms with Crippen LogP contribution in [0.3, 0.4) is 0 Å². The van der Waals surface area contributed by atoms with E-state index in [9.17, 15) is 0 Å². The van der Waals surface area contributed by atoms with Crippen molar-refractivity contribution in [2.45, 2.75) is 26.2 Å². The molecule has 0 atom stereocenters. The predicted molar refractivity (Wildman–Crippen MR) is 67.9 cm³/mol. The fourth-order valence-corrected chi connectivity index (χ4v) is 2.81. The van der Waals surface area contributed by atoms with Crippen LogP contribution >= 0.6 is 11.6 Å². The lowest BCUT2D eigenvalue weighted by Gasteiger charge is -2.10. The van der Waals surface area contributed by atoms with Gasteiger partial charge in [0.15, 0.2) is 0 Å². The standard InChI is InChI=1S/C13H13ClN2/c1-7-5-9-12(15)8-3-2-4-11(8)16-13(9)10(14)6-7/h5-6H,2-4H2,1H3,(H2,15,16). The van der Waals surface area contributed by atoms with Crippen LogP contribution in [0.5, 0.6) is 0 Å². The number of halogens is 1. The predicted octanol–water partition coefficient (Wildman–Crippen LogP) is 3.27. The van der Waals surface area contributed by atoms with Crippen LogP contribution in [-0.4, -0.2) is 4.98 Å². The van der Waals surface area contributed by atoms with Crippen molar-refractivity contribution in [2.24, 2.45) is 0 Å². The quantitative estimate of drug-likeness (QED) is 0.757. The molecule has 2 nitrogen and oxygen atoms in total. The van der Waals surface area contributed by atoms with E-state index in [0.717, 1.165) is 47.1 Å². The zero-order valence-electron chi connectivity index (χ0n) is 9.18. The third kappa shape index (κ3) is 1.30. The van der Waals surface area contributed by atoms with Gasteiger partial charge in [0.25, 0.3) is 0 Å². The fourth-order valence-electron chi connectivity index (χ4n) is 2.49. The first kappa shape index (κ1) is 9.91. The van der Waals surface area contributed by atoms with E-state index in [2.05, 4.69) is 11.1 Å². The molecule has 2 aromatic rings. The van der Waals surface area contributed by atoms with E-state index in [4.69, 9.17) is 17.3 Å². The molecule has 82 valence electrons. The Kier molecular flexibility index (Phi) is 2.08. The maximum atomic E-state index is 6.22. The molecule has 0 radical (unpaired) electrons. The Morgan fingerprint density at radius 3 is 2.94 bits per heavy atom. The summed E-state index contributed by atoms with van der Waals surface area (Å²) in [4.78, 5) is 4.65. The molecule has 0 fully saturated rings. The third-order valence-corrected chi connectivity index (χ3v) is 3.55. The minimum atomic E-state index is 0.705. The lowest BCUT2D eigenvalue weighted by Crippen LogP contribution is -1.99. The second kappa shape index (κ2) is 3.36. The Labute approximate surface area is 99.4 Å². The molecule has 3 rings (SSSR count). The number of aryl methyl sites for hydroxylation is 2. The summed E-state index contributed by atoms with van der Waals surface area (Å²) in [6, 6.07) is 4.01. The van der Waals surface area contributed by atoms with Crippen LogP contribution < -0.4 is 5.73 Å². The topological polar surface area (TPSA) is 38.9 Å². The van der Waals surface area contributed by atoms with Crippen molar-refractivity contribution in [1.82, 2.24) is 4.98 Å². The smallest absolute Gasteiger partial charge is 0.0912 e. The van der Waals surface area contributed by atoms with Gasteiger partial charge in [-0.3, -0.25) is 4.98 Å². The molecule has 1 aliphatic rings. The average molecular weight is 233 g/mol. The highest BCUT2D eigenvalue weighted by atomic mass is 35.5. The molecule has 0 saturated carbocycles. The first-order chi connectivity index (χ1) is 7.66. The lowest BCUT2D eigenvalue weighted by atomic mass is 10.1. The van der Waals surface area contributed by atoms with Gasteiger partial charge in [-0.05, 0) is 49.4 Å². The normalized spacial score (nSPS) is 14.4. The monoisotopic (exact) mass is 232 g/mol. The van der Waals surface area contributed by atoms with Gasteiger partial charge in [0.05, 0.1) is 10.5 Å². The van der Waals surface area contributed by atoms with Crippen LogP contribution in [0, 0.1) is 6.92 Å². The number of pyridine rings is 1. The molecule has 0 amide bonds. The lowest BCUT2D eigenvalue weighted by molar-refractivity contribution is 0.901. The molecule has 0 spiro atoms. The van der Waals surface area contributed by atoms with Crippen LogP contribution in [0.2, 0.25) is 5.02 Å². The number of aromatic nitrogens is 1. The van der Waals surface area contributed by atoms with Crippen molar-refractivity contribution in [3.8, 4) is 0 Å². The molecular formula is C13H13ClN2. The van der Waals surface area contributed by atoms with Crippen molar-refractivity contribution in [2.75, 3.05) is 5.73 Å². The second-order valence-corrected chi connectivity index (χ2v) is 4.85. The van der Waals surface area contributed by atoms with E-state index in [-0.39, 0.29) is 0 Å². The molecular weight excluding hydrogens is 220 g/mol. The molecule has 1 aromatic carbocycles. The number of benzene rings is 1. The summed E-state index contributed by atoms with van der Waals surface area (Å²) < 4.78 is 0. The molecule has 0 unspecified atom stereocenters. The SMILES string of the molecule is Cc1cc(Cl)c2nc3c(c(N)c2c1)CCC3.